The van der Waals surface area contributed by atoms with Gasteiger partial charge < -0.3 is 14.9 Å². The van der Waals surface area contributed by atoms with Gasteiger partial charge in [0.05, 0.1) is 7.11 Å². The van der Waals surface area contributed by atoms with Gasteiger partial charge in [-0.15, -0.1) is 0 Å². The first kappa shape index (κ1) is 12.0. The number of aliphatic carboxylic acids is 1. The van der Waals surface area contributed by atoms with E-state index in [0.717, 1.165) is 7.11 Å². The number of aromatic hydroxyl groups is 1. The Morgan fingerprint density at radius 2 is 2.12 bits per heavy atom. The first-order valence-electron chi connectivity index (χ1n) is 4.63. The van der Waals surface area contributed by atoms with Gasteiger partial charge in [-0.3, -0.25) is 9.59 Å². The second kappa shape index (κ2) is 5.16. The Kier molecular flexibility index (Phi) is 3.88. The fourth-order valence-corrected chi connectivity index (χ4v) is 1.33. The summed E-state index contributed by atoms with van der Waals surface area (Å²) in [5.74, 6) is -3.25. The molecule has 1 rings (SSSR count). The molecule has 1 atom stereocenters. The van der Waals surface area contributed by atoms with Crippen molar-refractivity contribution in [3.05, 3.63) is 29.8 Å². The Morgan fingerprint density at radius 3 is 2.62 bits per heavy atom. The van der Waals surface area contributed by atoms with Gasteiger partial charge in [-0.1, -0.05) is 12.1 Å². The summed E-state index contributed by atoms with van der Waals surface area (Å²) in [6.07, 6.45) is -0.00356. The van der Waals surface area contributed by atoms with Crippen LogP contribution in [-0.2, 0) is 20.7 Å². The predicted molar refractivity (Wildman–Crippen MR) is 55.0 cm³/mol. The molecule has 0 aliphatic carbocycles. The highest BCUT2D eigenvalue weighted by atomic mass is 16.5. The zero-order valence-electron chi connectivity index (χ0n) is 8.71. The molecule has 0 amide bonds. The van der Waals surface area contributed by atoms with E-state index >= 15 is 0 Å². The van der Waals surface area contributed by atoms with E-state index < -0.39 is 17.9 Å². The largest absolute Gasteiger partial charge is 0.508 e. The maximum absolute atomic E-state index is 11.2. The van der Waals surface area contributed by atoms with E-state index in [0.29, 0.717) is 5.56 Å². The van der Waals surface area contributed by atoms with Crippen LogP contribution in [0.4, 0.5) is 0 Å². The molecule has 1 aromatic rings. The first-order valence-corrected chi connectivity index (χ1v) is 4.63. The van der Waals surface area contributed by atoms with Gasteiger partial charge in [0.15, 0.2) is 5.92 Å². The maximum Gasteiger partial charge on any atom is 0.320 e. The number of carbonyl (C=O) groups excluding carboxylic acids is 1. The van der Waals surface area contributed by atoms with Gasteiger partial charge in [-0.25, -0.2) is 0 Å². The molecule has 0 saturated heterocycles. The summed E-state index contributed by atoms with van der Waals surface area (Å²) in [5.41, 5.74) is 0.567. The molecular formula is C11H12O5. The molecule has 0 spiro atoms. The summed E-state index contributed by atoms with van der Waals surface area (Å²) in [4.78, 5) is 22.0. The number of ether oxygens (including phenoxy) is 1. The third-order valence-electron chi connectivity index (χ3n) is 2.13. The molecule has 0 fully saturated rings. The molecule has 0 bridgehead atoms. The van der Waals surface area contributed by atoms with Crippen molar-refractivity contribution in [1.29, 1.82) is 0 Å². The van der Waals surface area contributed by atoms with Crippen molar-refractivity contribution >= 4 is 11.9 Å². The van der Waals surface area contributed by atoms with Crippen molar-refractivity contribution in [3.63, 3.8) is 0 Å². The third-order valence-corrected chi connectivity index (χ3v) is 2.13. The Labute approximate surface area is 92.3 Å². The smallest absolute Gasteiger partial charge is 0.320 e. The minimum Gasteiger partial charge on any atom is -0.508 e. The van der Waals surface area contributed by atoms with Gasteiger partial charge in [0.1, 0.15) is 5.75 Å². The van der Waals surface area contributed by atoms with Gasteiger partial charge in [0.25, 0.3) is 0 Å². The fraction of sp³-hybridized carbons (Fsp3) is 0.273. The van der Waals surface area contributed by atoms with Crippen LogP contribution in [0.3, 0.4) is 0 Å². The summed E-state index contributed by atoms with van der Waals surface area (Å²) < 4.78 is 4.39. The summed E-state index contributed by atoms with van der Waals surface area (Å²) in [6.45, 7) is 0. The lowest BCUT2D eigenvalue weighted by molar-refractivity contribution is -0.156. The van der Waals surface area contributed by atoms with Crippen molar-refractivity contribution in [2.75, 3.05) is 7.11 Å². The van der Waals surface area contributed by atoms with E-state index in [1.807, 2.05) is 0 Å². The number of esters is 1. The minimum absolute atomic E-state index is 0.00356. The van der Waals surface area contributed by atoms with E-state index in [1.165, 1.54) is 12.1 Å². The molecule has 0 aliphatic rings. The number of carboxylic acid groups (broad SMARTS) is 1. The Bertz CT molecular complexity index is 399. The fourth-order valence-electron chi connectivity index (χ4n) is 1.33. The SMILES string of the molecule is COC(=O)C(Cc1cccc(O)c1)C(=O)O. The molecule has 1 aromatic carbocycles. The number of hydrogen-bond acceptors (Lipinski definition) is 4. The van der Waals surface area contributed by atoms with Crippen LogP contribution in [-0.4, -0.2) is 29.3 Å². The molecule has 0 saturated carbocycles. The molecule has 2 N–H and O–H groups in total. The number of carbonyl (C=O) groups is 2. The van der Waals surface area contributed by atoms with E-state index in [-0.39, 0.29) is 12.2 Å². The van der Waals surface area contributed by atoms with Crippen molar-refractivity contribution in [2.45, 2.75) is 6.42 Å². The lowest BCUT2D eigenvalue weighted by Crippen LogP contribution is -2.27. The highest BCUT2D eigenvalue weighted by molar-refractivity contribution is 5.94. The monoisotopic (exact) mass is 224 g/mol. The molecule has 0 aliphatic heterocycles. The van der Waals surface area contributed by atoms with Crippen LogP contribution in [0.2, 0.25) is 0 Å². The zero-order chi connectivity index (χ0) is 12.1. The van der Waals surface area contributed by atoms with E-state index in [9.17, 15) is 14.7 Å². The Balaban J connectivity index is 2.84. The lowest BCUT2D eigenvalue weighted by Gasteiger charge is -2.09. The molecule has 0 radical (unpaired) electrons. The van der Waals surface area contributed by atoms with Crippen LogP contribution in [0.5, 0.6) is 5.75 Å². The number of phenolic OH excluding ortho intramolecular Hbond substituents is 1. The molecule has 16 heavy (non-hydrogen) atoms. The average molecular weight is 224 g/mol. The van der Waals surface area contributed by atoms with Gasteiger partial charge in [0.2, 0.25) is 0 Å². The topological polar surface area (TPSA) is 83.8 Å². The zero-order valence-corrected chi connectivity index (χ0v) is 8.71. The van der Waals surface area contributed by atoms with Gasteiger partial charge in [0, 0.05) is 0 Å². The summed E-state index contributed by atoms with van der Waals surface area (Å²) in [6, 6.07) is 6.11. The first-order chi connectivity index (χ1) is 7.54. The second-order valence-corrected chi connectivity index (χ2v) is 3.29. The highest BCUT2D eigenvalue weighted by Gasteiger charge is 2.27. The van der Waals surface area contributed by atoms with Gasteiger partial charge in [-0.05, 0) is 24.1 Å². The predicted octanol–water partition coefficient (Wildman–Crippen LogP) is 0.808. The number of methoxy groups -OCH3 is 1. The standard InChI is InChI=1S/C11H12O5/c1-16-11(15)9(10(13)14)6-7-3-2-4-8(12)5-7/h2-5,9,12H,6H2,1H3,(H,13,14). The van der Waals surface area contributed by atoms with Crippen molar-refractivity contribution < 1.29 is 24.5 Å². The summed E-state index contributed by atoms with van der Waals surface area (Å²) in [7, 11) is 1.14. The van der Waals surface area contributed by atoms with Crippen LogP contribution in [0, 0.1) is 5.92 Å². The third kappa shape index (κ3) is 2.98. The Hall–Kier alpha value is -2.04. The number of carboxylic acids is 1. The lowest BCUT2D eigenvalue weighted by atomic mass is 9.99. The number of phenols is 1. The van der Waals surface area contributed by atoms with Crippen LogP contribution >= 0.6 is 0 Å². The van der Waals surface area contributed by atoms with Crippen LogP contribution in [0.15, 0.2) is 24.3 Å². The van der Waals surface area contributed by atoms with Crippen molar-refractivity contribution in [3.8, 4) is 5.75 Å². The van der Waals surface area contributed by atoms with Crippen molar-refractivity contribution in [1.82, 2.24) is 0 Å². The molecule has 1 unspecified atom stereocenters. The maximum atomic E-state index is 11.2. The molecule has 0 heterocycles. The second-order valence-electron chi connectivity index (χ2n) is 3.29. The van der Waals surface area contributed by atoms with E-state index in [1.54, 1.807) is 12.1 Å². The molecule has 5 heteroatoms. The summed E-state index contributed by atoms with van der Waals surface area (Å²) in [5, 5.41) is 18.0. The number of benzene rings is 1. The Morgan fingerprint density at radius 1 is 1.44 bits per heavy atom. The van der Waals surface area contributed by atoms with E-state index in [2.05, 4.69) is 4.74 Å². The van der Waals surface area contributed by atoms with Crippen LogP contribution in [0.1, 0.15) is 5.56 Å². The van der Waals surface area contributed by atoms with E-state index in [4.69, 9.17) is 5.11 Å². The average Bonchev–Trinajstić information content (AvgIpc) is 2.24. The normalized spacial score (nSPS) is 11.8. The molecule has 0 aromatic heterocycles. The van der Waals surface area contributed by atoms with Crippen molar-refractivity contribution in [2.24, 2.45) is 5.92 Å². The highest BCUT2D eigenvalue weighted by Crippen LogP contribution is 2.16. The quantitative estimate of drug-likeness (QED) is 0.584. The molecular weight excluding hydrogens is 212 g/mol. The van der Waals surface area contributed by atoms with Gasteiger partial charge in [-0.2, -0.15) is 0 Å². The minimum atomic E-state index is -1.24. The number of hydrogen-bond donors (Lipinski definition) is 2. The van der Waals surface area contributed by atoms with Crippen LogP contribution < -0.4 is 0 Å². The molecule has 5 nitrogen and oxygen atoms in total. The number of rotatable bonds is 4. The van der Waals surface area contributed by atoms with Crippen LogP contribution in [0.25, 0.3) is 0 Å². The molecule has 86 valence electrons. The van der Waals surface area contributed by atoms with Gasteiger partial charge >= 0.3 is 11.9 Å². The summed E-state index contributed by atoms with van der Waals surface area (Å²) >= 11 is 0.